The number of hydrogen-bond acceptors (Lipinski definition) is 4. The predicted octanol–water partition coefficient (Wildman–Crippen LogP) is 5.95. The molecule has 220 valence electrons. The quantitative estimate of drug-likeness (QED) is 0.437. The molecule has 1 heterocycles. The van der Waals surface area contributed by atoms with E-state index >= 15 is 0 Å². The molecule has 2 aromatic carbocycles. The number of carbonyl (C=O) groups is 1. The lowest BCUT2D eigenvalue weighted by Gasteiger charge is -2.32. The van der Waals surface area contributed by atoms with Gasteiger partial charge >= 0.3 is 12.4 Å². The first-order chi connectivity index (χ1) is 18.1. The van der Waals surface area contributed by atoms with Crippen LogP contribution in [0, 0.1) is 18.7 Å². The molecule has 0 spiro atoms. The van der Waals surface area contributed by atoms with Crippen LogP contribution in [0.4, 0.5) is 30.7 Å². The summed E-state index contributed by atoms with van der Waals surface area (Å²) in [7, 11) is 1.69. The van der Waals surface area contributed by atoms with E-state index in [-0.39, 0.29) is 29.6 Å². The molecule has 0 saturated carbocycles. The third-order valence-electron chi connectivity index (χ3n) is 5.89. The third-order valence-corrected chi connectivity index (χ3v) is 5.89. The monoisotopic (exact) mass is 569 g/mol. The Hall–Kier alpha value is -2.70. The second-order valence-electron chi connectivity index (χ2n) is 8.84. The minimum Gasteiger partial charge on any atom is -0.392 e. The van der Waals surface area contributed by atoms with Crippen molar-refractivity contribution in [1.29, 1.82) is 0 Å². The first-order valence-electron chi connectivity index (χ1n) is 12.2. The summed E-state index contributed by atoms with van der Waals surface area (Å²) in [6, 6.07) is 5.82. The molecule has 2 aromatic rings. The van der Waals surface area contributed by atoms with Gasteiger partial charge in [-0.3, -0.25) is 4.79 Å². The Kier molecular flexibility index (Phi) is 13.4. The molecule has 5 nitrogen and oxygen atoms in total. The van der Waals surface area contributed by atoms with Crippen molar-refractivity contribution >= 4 is 5.91 Å². The molecule has 39 heavy (non-hydrogen) atoms. The van der Waals surface area contributed by atoms with Crippen LogP contribution >= 0.6 is 0 Å². The molecule has 1 aliphatic heterocycles. The maximum absolute atomic E-state index is 13.2. The highest BCUT2D eigenvalue weighted by atomic mass is 19.4. The van der Waals surface area contributed by atoms with Crippen LogP contribution in [-0.2, 0) is 28.5 Å². The van der Waals surface area contributed by atoms with E-state index in [9.17, 15) is 35.5 Å². The molecular formula is C27H34F7NO4. The van der Waals surface area contributed by atoms with Crippen LogP contribution in [0.25, 0.3) is 0 Å². The molecule has 2 atom stereocenters. The van der Waals surface area contributed by atoms with Gasteiger partial charge in [0, 0.05) is 25.4 Å². The lowest BCUT2D eigenvalue weighted by atomic mass is 9.85. The average molecular weight is 570 g/mol. The number of halogens is 7. The van der Waals surface area contributed by atoms with E-state index in [1.807, 2.05) is 26.8 Å². The Bertz CT molecular complexity index is 1030. The summed E-state index contributed by atoms with van der Waals surface area (Å²) in [6.07, 6.45) is -8.84. The van der Waals surface area contributed by atoms with Gasteiger partial charge in [0.15, 0.2) is 0 Å². The number of likely N-dealkylation sites (N-methyl/N-ethyl adjacent to an activating group) is 1. The van der Waals surface area contributed by atoms with Crippen LogP contribution in [0.2, 0.25) is 0 Å². The normalized spacial score (nSPS) is 17.4. The fourth-order valence-corrected chi connectivity index (χ4v) is 4.08. The van der Waals surface area contributed by atoms with E-state index in [0.29, 0.717) is 31.9 Å². The van der Waals surface area contributed by atoms with Crippen LogP contribution in [0.3, 0.4) is 0 Å². The standard InChI is InChI=1S/C16H22FNO3.C9H6F6O.C2H6/c1-11-5-14(17)3-4-15(11)13-6-12(9-21-10-13)7-18(2)16(20)8-19;10-8(11,12)6-1-5(4-16)2-7(3-6)9(13,14)15;1-2/h3-5,12-13,19H,6-10H2,1-2H3;1-3,16H,4H2;1-2H3. The Labute approximate surface area is 223 Å². The molecular weight excluding hydrogens is 535 g/mol. The molecule has 1 fully saturated rings. The molecule has 1 aliphatic rings. The average Bonchev–Trinajstić information content (AvgIpc) is 2.88. The highest BCUT2D eigenvalue weighted by Gasteiger charge is 2.36. The molecule has 2 unspecified atom stereocenters. The maximum atomic E-state index is 13.2. The van der Waals surface area contributed by atoms with Crippen LogP contribution < -0.4 is 0 Å². The number of aliphatic hydroxyl groups is 2. The predicted molar refractivity (Wildman–Crippen MR) is 131 cm³/mol. The Balaban J connectivity index is 0.000000379. The summed E-state index contributed by atoms with van der Waals surface area (Å²) < 4.78 is 92.2. The van der Waals surface area contributed by atoms with Crippen molar-refractivity contribution in [3.63, 3.8) is 0 Å². The van der Waals surface area contributed by atoms with Crippen molar-refractivity contribution in [2.75, 3.05) is 33.4 Å². The Morgan fingerprint density at radius 3 is 2.00 bits per heavy atom. The SMILES string of the molecule is CC.Cc1cc(F)ccc1C1COCC(CN(C)C(=O)CO)C1.OCc1cc(C(F)(F)F)cc(C(F)(F)F)c1. The summed E-state index contributed by atoms with van der Waals surface area (Å²) >= 11 is 0. The van der Waals surface area contributed by atoms with Gasteiger partial charge < -0.3 is 19.8 Å². The van der Waals surface area contributed by atoms with Gasteiger partial charge in [-0.15, -0.1) is 0 Å². The number of rotatable bonds is 5. The van der Waals surface area contributed by atoms with E-state index in [4.69, 9.17) is 14.9 Å². The van der Waals surface area contributed by atoms with E-state index in [1.165, 1.54) is 11.0 Å². The van der Waals surface area contributed by atoms with Crippen molar-refractivity contribution < 1.29 is 50.5 Å². The fourth-order valence-electron chi connectivity index (χ4n) is 4.08. The number of ether oxygens (including phenoxy) is 1. The number of alkyl halides is 6. The van der Waals surface area contributed by atoms with Crippen molar-refractivity contribution in [3.05, 3.63) is 70.0 Å². The van der Waals surface area contributed by atoms with E-state index in [0.717, 1.165) is 17.5 Å². The zero-order valence-corrected chi connectivity index (χ0v) is 22.2. The highest BCUT2D eigenvalue weighted by Crippen LogP contribution is 2.36. The van der Waals surface area contributed by atoms with Gasteiger partial charge in [-0.1, -0.05) is 19.9 Å². The van der Waals surface area contributed by atoms with Crippen LogP contribution in [0.15, 0.2) is 36.4 Å². The van der Waals surface area contributed by atoms with Crippen molar-refractivity contribution in [2.45, 2.75) is 52.1 Å². The van der Waals surface area contributed by atoms with Crippen LogP contribution in [-0.4, -0.2) is 54.4 Å². The smallest absolute Gasteiger partial charge is 0.392 e. The molecule has 0 aromatic heterocycles. The Morgan fingerprint density at radius 2 is 1.54 bits per heavy atom. The molecule has 12 heteroatoms. The van der Waals surface area contributed by atoms with Crippen molar-refractivity contribution in [1.82, 2.24) is 4.90 Å². The topological polar surface area (TPSA) is 70.0 Å². The maximum Gasteiger partial charge on any atom is 0.416 e. The Morgan fingerprint density at radius 1 is 0.974 bits per heavy atom. The minimum atomic E-state index is -4.87. The lowest BCUT2D eigenvalue weighted by Crippen LogP contribution is -2.38. The zero-order valence-electron chi connectivity index (χ0n) is 22.2. The second kappa shape index (κ2) is 15.2. The number of benzene rings is 2. The summed E-state index contributed by atoms with van der Waals surface area (Å²) in [5, 5.41) is 17.5. The van der Waals surface area contributed by atoms with Gasteiger partial charge in [-0.2, -0.15) is 26.3 Å². The van der Waals surface area contributed by atoms with E-state index in [1.54, 1.807) is 13.1 Å². The summed E-state index contributed by atoms with van der Waals surface area (Å²) in [5.41, 5.74) is -1.24. The van der Waals surface area contributed by atoms with Crippen LogP contribution in [0.5, 0.6) is 0 Å². The molecule has 3 rings (SSSR count). The number of amides is 1. The van der Waals surface area contributed by atoms with Crippen LogP contribution in [0.1, 0.15) is 54.0 Å². The number of aliphatic hydroxyl groups excluding tert-OH is 2. The first kappa shape index (κ1) is 34.3. The number of carbonyl (C=O) groups excluding carboxylic acids is 1. The molecule has 1 amide bonds. The van der Waals surface area contributed by atoms with Crippen molar-refractivity contribution in [2.24, 2.45) is 5.92 Å². The van der Waals surface area contributed by atoms with E-state index < -0.39 is 42.3 Å². The number of aryl methyl sites for hydroxylation is 1. The first-order valence-corrected chi connectivity index (χ1v) is 12.2. The molecule has 1 saturated heterocycles. The fraction of sp³-hybridized carbons (Fsp3) is 0.519. The summed E-state index contributed by atoms with van der Waals surface area (Å²) in [5.74, 6) is -0.0522. The van der Waals surface area contributed by atoms with Gasteiger partial charge in [0.05, 0.1) is 30.9 Å². The van der Waals surface area contributed by atoms with Crippen molar-refractivity contribution in [3.8, 4) is 0 Å². The van der Waals surface area contributed by atoms with Gasteiger partial charge in [-0.25, -0.2) is 4.39 Å². The molecule has 2 N–H and O–H groups in total. The lowest BCUT2D eigenvalue weighted by molar-refractivity contribution is -0.143. The highest BCUT2D eigenvalue weighted by molar-refractivity contribution is 5.76. The number of nitrogens with zero attached hydrogens (tertiary/aromatic N) is 1. The zero-order chi connectivity index (χ0) is 30.0. The molecule has 0 bridgehead atoms. The second-order valence-corrected chi connectivity index (χ2v) is 8.84. The summed E-state index contributed by atoms with van der Waals surface area (Å²) in [6.45, 7) is 6.36. The molecule has 0 aliphatic carbocycles. The number of hydrogen-bond donors (Lipinski definition) is 2. The third kappa shape index (κ3) is 10.8. The van der Waals surface area contributed by atoms with E-state index in [2.05, 4.69) is 0 Å². The van der Waals surface area contributed by atoms with Gasteiger partial charge in [0.25, 0.3) is 0 Å². The summed E-state index contributed by atoms with van der Waals surface area (Å²) in [4.78, 5) is 13.0. The molecule has 0 radical (unpaired) electrons. The van der Waals surface area contributed by atoms with Gasteiger partial charge in [0.1, 0.15) is 12.4 Å². The largest absolute Gasteiger partial charge is 0.416 e. The minimum absolute atomic E-state index is 0.0131. The van der Waals surface area contributed by atoms with Gasteiger partial charge in [0.2, 0.25) is 5.91 Å². The van der Waals surface area contributed by atoms with Gasteiger partial charge in [-0.05, 0) is 60.4 Å².